The van der Waals surface area contributed by atoms with Crippen molar-refractivity contribution in [3.05, 3.63) is 40.3 Å². The molecule has 23 heavy (non-hydrogen) atoms. The van der Waals surface area contributed by atoms with E-state index in [1.807, 2.05) is 31.2 Å². The van der Waals surface area contributed by atoms with Crippen molar-refractivity contribution >= 4 is 17.3 Å². The Morgan fingerprint density at radius 2 is 2.48 bits per heavy atom. The zero-order chi connectivity index (χ0) is 16.1. The van der Waals surface area contributed by atoms with Crippen molar-refractivity contribution in [2.24, 2.45) is 12.0 Å². The lowest BCUT2D eigenvalue weighted by Gasteiger charge is -2.34. The minimum Gasteiger partial charge on any atom is -0.370 e. The lowest BCUT2D eigenvalue weighted by atomic mass is 10.1. The molecule has 3 heterocycles. The smallest absolute Gasteiger partial charge is 0.193 e. The van der Waals surface area contributed by atoms with Crippen LogP contribution in [0.5, 0.6) is 0 Å². The number of aromatic nitrogens is 2. The van der Waals surface area contributed by atoms with E-state index in [2.05, 4.69) is 37.1 Å². The Kier molecular flexibility index (Phi) is 5.30. The van der Waals surface area contributed by atoms with E-state index in [0.29, 0.717) is 6.61 Å². The minimum atomic E-state index is 0.0490. The fraction of sp³-hybridized carbons (Fsp3) is 0.500. The van der Waals surface area contributed by atoms with E-state index < -0.39 is 0 Å². The molecule has 0 spiro atoms. The highest BCUT2D eigenvalue weighted by molar-refractivity contribution is 7.07. The topological polar surface area (TPSA) is 54.7 Å². The maximum atomic E-state index is 5.89. The second kappa shape index (κ2) is 7.61. The maximum absolute atomic E-state index is 5.89. The highest BCUT2D eigenvalue weighted by Gasteiger charge is 2.24. The Labute approximate surface area is 140 Å². The summed E-state index contributed by atoms with van der Waals surface area (Å²) in [5.74, 6) is 0.942. The molecule has 0 radical (unpaired) electrons. The van der Waals surface area contributed by atoms with Gasteiger partial charge < -0.3 is 15.0 Å². The van der Waals surface area contributed by atoms with Gasteiger partial charge in [-0.05, 0) is 28.8 Å². The monoisotopic (exact) mass is 333 g/mol. The molecule has 1 N–H and O–H groups in total. The molecule has 124 valence electrons. The largest absolute Gasteiger partial charge is 0.370 e. The summed E-state index contributed by atoms with van der Waals surface area (Å²) in [6.07, 6.45) is 4.95. The van der Waals surface area contributed by atoms with E-state index in [9.17, 15) is 0 Å². The molecule has 1 aliphatic heterocycles. The van der Waals surface area contributed by atoms with Crippen LogP contribution >= 0.6 is 11.3 Å². The van der Waals surface area contributed by atoms with Crippen LogP contribution < -0.4 is 5.32 Å². The Bertz CT molecular complexity index is 637. The summed E-state index contributed by atoms with van der Waals surface area (Å²) in [5.41, 5.74) is 2.49. The van der Waals surface area contributed by atoms with Crippen LogP contribution in [0.1, 0.15) is 17.2 Å². The molecular formula is C16H23N5OS. The first-order valence-corrected chi connectivity index (χ1v) is 8.77. The molecule has 3 rings (SSSR count). The summed E-state index contributed by atoms with van der Waals surface area (Å²) < 4.78 is 7.70. The number of nitrogens with zero attached hydrogens (tertiary/aromatic N) is 4. The first-order chi connectivity index (χ1) is 11.3. The molecule has 1 fully saturated rings. The number of morpholine rings is 1. The van der Waals surface area contributed by atoms with Crippen molar-refractivity contribution in [3.63, 3.8) is 0 Å². The van der Waals surface area contributed by atoms with Crippen LogP contribution in [-0.2, 0) is 18.2 Å². The van der Waals surface area contributed by atoms with Gasteiger partial charge in [-0.2, -0.15) is 16.4 Å². The van der Waals surface area contributed by atoms with Crippen LogP contribution in [-0.4, -0.2) is 53.9 Å². The molecular weight excluding hydrogens is 310 g/mol. The van der Waals surface area contributed by atoms with Crippen LogP contribution in [0.2, 0.25) is 0 Å². The molecule has 0 amide bonds. The van der Waals surface area contributed by atoms with Crippen LogP contribution in [0.4, 0.5) is 0 Å². The van der Waals surface area contributed by atoms with Gasteiger partial charge >= 0.3 is 0 Å². The van der Waals surface area contributed by atoms with E-state index in [-0.39, 0.29) is 6.10 Å². The molecule has 0 aromatic carbocycles. The number of ether oxygens (including phenoxy) is 1. The predicted octanol–water partition coefficient (Wildman–Crippen LogP) is 1.67. The fourth-order valence-corrected chi connectivity index (χ4v) is 3.44. The van der Waals surface area contributed by atoms with E-state index in [1.54, 1.807) is 11.3 Å². The zero-order valence-electron chi connectivity index (χ0n) is 13.6. The average molecular weight is 333 g/mol. The molecule has 6 nitrogen and oxygen atoms in total. The molecule has 1 aliphatic rings. The minimum absolute atomic E-state index is 0.0490. The SMILES string of the molecule is CN=C(NCCc1ccsc1)N1CCOC(c2cnn(C)c2)C1. The third-order valence-corrected chi connectivity index (χ3v) is 4.68. The maximum Gasteiger partial charge on any atom is 0.193 e. The quantitative estimate of drug-likeness (QED) is 0.683. The lowest BCUT2D eigenvalue weighted by molar-refractivity contribution is -0.00800. The number of aliphatic imine (C=N–C) groups is 1. The number of guanidine groups is 1. The third kappa shape index (κ3) is 4.11. The Balaban J connectivity index is 1.55. The number of rotatable bonds is 4. The summed E-state index contributed by atoms with van der Waals surface area (Å²) in [7, 11) is 3.76. The van der Waals surface area contributed by atoms with Crippen molar-refractivity contribution in [3.8, 4) is 0 Å². The van der Waals surface area contributed by atoms with Gasteiger partial charge in [-0.15, -0.1) is 0 Å². The zero-order valence-corrected chi connectivity index (χ0v) is 14.4. The number of hydrogen-bond acceptors (Lipinski definition) is 4. The summed E-state index contributed by atoms with van der Waals surface area (Å²) >= 11 is 1.74. The van der Waals surface area contributed by atoms with Crippen LogP contribution in [0.3, 0.4) is 0 Å². The van der Waals surface area contributed by atoms with Crippen molar-refractivity contribution in [2.75, 3.05) is 33.3 Å². The van der Waals surface area contributed by atoms with Crippen LogP contribution in [0.25, 0.3) is 0 Å². The third-order valence-electron chi connectivity index (χ3n) is 3.95. The van der Waals surface area contributed by atoms with Gasteiger partial charge in [0.15, 0.2) is 5.96 Å². The van der Waals surface area contributed by atoms with E-state index in [1.165, 1.54) is 5.56 Å². The van der Waals surface area contributed by atoms with Crippen LogP contribution in [0.15, 0.2) is 34.2 Å². The number of thiophene rings is 1. The van der Waals surface area contributed by atoms with Gasteiger partial charge in [-0.25, -0.2) is 0 Å². The lowest BCUT2D eigenvalue weighted by Crippen LogP contribution is -2.48. The first-order valence-electron chi connectivity index (χ1n) is 7.83. The second-order valence-electron chi connectivity index (χ2n) is 5.61. The molecule has 7 heteroatoms. The summed E-state index contributed by atoms with van der Waals surface area (Å²) in [4.78, 5) is 6.68. The van der Waals surface area contributed by atoms with Crippen molar-refractivity contribution in [1.82, 2.24) is 20.0 Å². The molecule has 0 saturated carbocycles. The van der Waals surface area contributed by atoms with Crippen molar-refractivity contribution in [1.29, 1.82) is 0 Å². The van der Waals surface area contributed by atoms with Gasteiger partial charge in [0.05, 0.1) is 19.3 Å². The predicted molar refractivity (Wildman–Crippen MR) is 92.9 cm³/mol. The van der Waals surface area contributed by atoms with Crippen molar-refractivity contribution < 1.29 is 4.74 Å². The average Bonchev–Trinajstić information content (AvgIpc) is 3.23. The fourth-order valence-electron chi connectivity index (χ4n) is 2.74. The Morgan fingerprint density at radius 1 is 1.57 bits per heavy atom. The molecule has 2 aromatic rings. The van der Waals surface area contributed by atoms with Gasteiger partial charge in [-0.1, -0.05) is 0 Å². The highest BCUT2D eigenvalue weighted by Crippen LogP contribution is 2.21. The van der Waals surface area contributed by atoms with Crippen molar-refractivity contribution in [2.45, 2.75) is 12.5 Å². The molecule has 1 unspecified atom stereocenters. The Morgan fingerprint density at radius 3 is 3.17 bits per heavy atom. The number of nitrogens with one attached hydrogen (secondary N) is 1. The Hall–Kier alpha value is -1.86. The standard InChI is InChI=1S/C16H23N5OS/c1-17-16(18-5-3-13-4-8-23-12-13)21-6-7-22-15(11-21)14-9-19-20(2)10-14/h4,8-10,12,15H,3,5-7,11H2,1-2H3,(H,17,18). The molecule has 2 aromatic heterocycles. The van der Waals surface area contributed by atoms with Gasteiger partial charge in [0.1, 0.15) is 6.10 Å². The van der Waals surface area contributed by atoms with Gasteiger partial charge in [0.25, 0.3) is 0 Å². The number of aryl methyl sites for hydroxylation is 1. The number of hydrogen-bond donors (Lipinski definition) is 1. The molecule has 1 saturated heterocycles. The molecule has 1 atom stereocenters. The van der Waals surface area contributed by atoms with Crippen LogP contribution in [0, 0.1) is 0 Å². The van der Waals surface area contributed by atoms with E-state index >= 15 is 0 Å². The molecule has 0 aliphatic carbocycles. The van der Waals surface area contributed by atoms with E-state index in [0.717, 1.165) is 37.6 Å². The molecule has 0 bridgehead atoms. The second-order valence-corrected chi connectivity index (χ2v) is 6.39. The van der Waals surface area contributed by atoms with Gasteiger partial charge in [0.2, 0.25) is 0 Å². The summed E-state index contributed by atoms with van der Waals surface area (Å²) in [6.45, 7) is 3.24. The first kappa shape index (κ1) is 16.0. The van der Waals surface area contributed by atoms with Gasteiger partial charge in [0, 0.05) is 38.9 Å². The highest BCUT2D eigenvalue weighted by atomic mass is 32.1. The normalized spacial score (nSPS) is 19.1. The summed E-state index contributed by atoms with van der Waals surface area (Å²) in [6, 6.07) is 2.17. The summed E-state index contributed by atoms with van der Waals surface area (Å²) in [5, 5.41) is 12.0. The van der Waals surface area contributed by atoms with E-state index in [4.69, 9.17) is 4.74 Å². The van der Waals surface area contributed by atoms with Gasteiger partial charge in [-0.3, -0.25) is 9.67 Å².